The Morgan fingerprint density at radius 3 is 2.47 bits per heavy atom. The molecule has 0 spiro atoms. The Hall–Kier alpha value is -2.82. The molecule has 1 aliphatic heterocycles. The molecule has 0 aromatic carbocycles. The lowest BCUT2D eigenvalue weighted by Crippen LogP contribution is -2.20. The molecular formula is C14H15N3O2. The van der Waals surface area contributed by atoms with Gasteiger partial charge in [-0.2, -0.15) is 0 Å². The first-order chi connectivity index (χ1) is 9.29. The number of allylic oxidation sites excluding steroid dienone is 9. The van der Waals surface area contributed by atoms with Gasteiger partial charge in [0.1, 0.15) is 0 Å². The summed E-state index contributed by atoms with van der Waals surface area (Å²) in [6, 6.07) is 0. The average molecular weight is 257 g/mol. The van der Waals surface area contributed by atoms with E-state index in [0.717, 1.165) is 0 Å². The van der Waals surface area contributed by atoms with Crippen molar-refractivity contribution in [1.82, 2.24) is 10.6 Å². The number of rotatable bonds is 1. The Bertz CT molecular complexity index is 495. The van der Waals surface area contributed by atoms with Gasteiger partial charge in [-0.3, -0.25) is 10.3 Å². The third-order valence-corrected chi connectivity index (χ3v) is 1.86. The molecule has 19 heavy (non-hydrogen) atoms. The second kappa shape index (κ2) is 9.23. The van der Waals surface area contributed by atoms with E-state index in [-0.39, 0.29) is 0 Å². The minimum atomic E-state index is -1.13. The van der Waals surface area contributed by atoms with E-state index < -0.39 is 6.09 Å². The summed E-state index contributed by atoms with van der Waals surface area (Å²) in [6.07, 6.45) is 19.6. The molecule has 0 aromatic rings. The van der Waals surface area contributed by atoms with E-state index >= 15 is 0 Å². The average Bonchev–Trinajstić information content (AvgIpc) is 2.38. The van der Waals surface area contributed by atoms with Crippen LogP contribution < -0.4 is 10.6 Å². The number of amides is 1. The van der Waals surface area contributed by atoms with Crippen molar-refractivity contribution in [1.29, 1.82) is 0 Å². The number of carboxylic acid groups (broad SMARTS) is 1. The zero-order valence-corrected chi connectivity index (χ0v) is 10.2. The maximum atomic E-state index is 10.6. The Balaban J connectivity index is 2.84. The second-order valence-corrected chi connectivity index (χ2v) is 3.33. The highest BCUT2D eigenvalue weighted by Gasteiger charge is 1.96. The van der Waals surface area contributed by atoms with E-state index in [1.165, 1.54) is 12.4 Å². The van der Waals surface area contributed by atoms with Gasteiger partial charge >= 0.3 is 6.09 Å². The molecule has 0 saturated carbocycles. The van der Waals surface area contributed by atoms with E-state index in [9.17, 15) is 4.79 Å². The Labute approximate surface area is 111 Å². The van der Waals surface area contributed by atoms with Gasteiger partial charge in [0, 0.05) is 18.6 Å². The van der Waals surface area contributed by atoms with Crippen LogP contribution in [0.15, 0.2) is 77.9 Å². The summed E-state index contributed by atoms with van der Waals surface area (Å²) < 4.78 is 0. The lowest BCUT2D eigenvalue weighted by molar-refractivity contribution is 0.198. The molecule has 1 heterocycles. The number of hydrogen-bond acceptors (Lipinski definition) is 3. The normalized spacial score (nSPS) is 15.3. The van der Waals surface area contributed by atoms with Crippen LogP contribution in [0.3, 0.4) is 0 Å². The van der Waals surface area contributed by atoms with Crippen molar-refractivity contribution < 1.29 is 9.90 Å². The van der Waals surface area contributed by atoms with Crippen LogP contribution in [-0.4, -0.2) is 17.4 Å². The smallest absolute Gasteiger partial charge is 0.409 e. The summed E-state index contributed by atoms with van der Waals surface area (Å²) in [6.45, 7) is 0. The Morgan fingerprint density at radius 2 is 1.74 bits per heavy atom. The first kappa shape index (κ1) is 14.2. The molecule has 0 fully saturated rings. The maximum absolute atomic E-state index is 10.6. The highest BCUT2D eigenvalue weighted by atomic mass is 16.4. The molecule has 0 aromatic heterocycles. The van der Waals surface area contributed by atoms with E-state index in [1.807, 2.05) is 30.4 Å². The van der Waals surface area contributed by atoms with Crippen LogP contribution in [0.2, 0.25) is 0 Å². The molecule has 0 atom stereocenters. The summed E-state index contributed by atoms with van der Waals surface area (Å²) in [7, 11) is 0. The minimum Gasteiger partial charge on any atom is -0.465 e. The second-order valence-electron chi connectivity index (χ2n) is 3.33. The summed E-state index contributed by atoms with van der Waals surface area (Å²) in [5, 5.41) is 13.8. The van der Waals surface area contributed by atoms with Crippen molar-refractivity contribution in [2.45, 2.75) is 0 Å². The van der Waals surface area contributed by atoms with Crippen molar-refractivity contribution >= 4 is 12.3 Å². The van der Waals surface area contributed by atoms with Crippen LogP contribution in [-0.2, 0) is 0 Å². The van der Waals surface area contributed by atoms with Crippen LogP contribution in [0.1, 0.15) is 0 Å². The molecule has 5 heteroatoms. The molecule has 0 saturated heterocycles. The van der Waals surface area contributed by atoms with Crippen LogP contribution >= 0.6 is 0 Å². The third kappa shape index (κ3) is 7.98. The summed E-state index contributed by atoms with van der Waals surface area (Å²) in [5.41, 5.74) is 0.378. The first-order valence-electron chi connectivity index (χ1n) is 5.60. The molecule has 1 amide bonds. The van der Waals surface area contributed by atoms with Crippen molar-refractivity contribution in [3.63, 3.8) is 0 Å². The van der Waals surface area contributed by atoms with Crippen molar-refractivity contribution in [2.75, 3.05) is 0 Å². The molecule has 0 radical (unpaired) electrons. The molecule has 1 aliphatic rings. The molecule has 3 N–H and O–H groups in total. The Kier molecular flexibility index (Phi) is 6.92. The Morgan fingerprint density at radius 1 is 1.05 bits per heavy atom. The minimum absolute atomic E-state index is 0.378. The quantitative estimate of drug-likeness (QED) is 0.675. The van der Waals surface area contributed by atoms with Crippen LogP contribution in [0.4, 0.5) is 4.79 Å². The largest absolute Gasteiger partial charge is 0.465 e. The van der Waals surface area contributed by atoms with Gasteiger partial charge in [0.25, 0.3) is 0 Å². The highest BCUT2D eigenvalue weighted by Crippen LogP contribution is 1.90. The van der Waals surface area contributed by atoms with Gasteiger partial charge in [-0.05, 0) is 12.2 Å². The maximum Gasteiger partial charge on any atom is 0.409 e. The summed E-state index contributed by atoms with van der Waals surface area (Å²) >= 11 is 0. The van der Waals surface area contributed by atoms with Crippen molar-refractivity contribution in [2.24, 2.45) is 4.99 Å². The third-order valence-electron chi connectivity index (χ3n) is 1.86. The van der Waals surface area contributed by atoms with Gasteiger partial charge in [-0.15, -0.1) is 0 Å². The molecule has 5 nitrogen and oxygen atoms in total. The number of nitrogens with zero attached hydrogens (tertiary/aromatic N) is 1. The molecule has 1 rings (SSSR count). The number of carbonyl (C=O) groups is 1. The van der Waals surface area contributed by atoms with Gasteiger partial charge in [-0.25, -0.2) is 4.79 Å². The van der Waals surface area contributed by atoms with Gasteiger partial charge in [0.2, 0.25) is 0 Å². The van der Waals surface area contributed by atoms with Crippen molar-refractivity contribution in [3.8, 4) is 0 Å². The van der Waals surface area contributed by atoms with Crippen molar-refractivity contribution in [3.05, 3.63) is 72.9 Å². The fraction of sp³-hybridized carbons (Fsp3) is 0. The zero-order chi connectivity index (χ0) is 13.8. The predicted molar refractivity (Wildman–Crippen MR) is 76.6 cm³/mol. The fourth-order valence-corrected chi connectivity index (χ4v) is 1.10. The van der Waals surface area contributed by atoms with E-state index in [4.69, 9.17) is 5.11 Å². The first-order valence-corrected chi connectivity index (χ1v) is 5.60. The molecule has 0 aliphatic carbocycles. The SMILES string of the molecule is O=C(O)NC1=CC=CC=CC=CC=CNC=CN=C1. The lowest BCUT2D eigenvalue weighted by Gasteiger charge is -1.98. The van der Waals surface area contributed by atoms with Crippen LogP contribution in [0.25, 0.3) is 0 Å². The van der Waals surface area contributed by atoms with Gasteiger partial charge in [0.15, 0.2) is 0 Å². The van der Waals surface area contributed by atoms with E-state index in [2.05, 4.69) is 15.6 Å². The molecule has 98 valence electrons. The number of hydrogen-bond donors (Lipinski definition) is 3. The topological polar surface area (TPSA) is 73.7 Å². The highest BCUT2D eigenvalue weighted by molar-refractivity contribution is 5.84. The standard InChI is InChI=1S/C14H15N3O2/c18-14(19)17-13-8-6-4-2-1-3-5-7-9-15-10-11-16-12-13/h1-12,15,17H,(H,18,19). The van der Waals surface area contributed by atoms with Gasteiger partial charge in [-0.1, -0.05) is 36.5 Å². The van der Waals surface area contributed by atoms with Crippen LogP contribution in [0, 0.1) is 0 Å². The molecule has 0 unspecified atom stereocenters. The van der Waals surface area contributed by atoms with E-state index in [0.29, 0.717) is 5.70 Å². The van der Waals surface area contributed by atoms with E-state index in [1.54, 1.807) is 30.6 Å². The van der Waals surface area contributed by atoms with Crippen LogP contribution in [0.5, 0.6) is 0 Å². The number of aliphatic imine (C=N–C) groups is 1. The zero-order valence-electron chi connectivity index (χ0n) is 10.2. The monoisotopic (exact) mass is 257 g/mol. The van der Waals surface area contributed by atoms with Gasteiger partial charge in [0.05, 0.1) is 11.9 Å². The summed E-state index contributed by atoms with van der Waals surface area (Å²) in [4.78, 5) is 14.5. The lowest BCUT2D eigenvalue weighted by atomic mass is 10.3. The fourth-order valence-electron chi connectivity index (χ4n) is 1.10. The van der Waals surface area contributed by atoms with Gasteiger partial charge < -0.3 is 10.4 Å². The number of nitrogens with one attached hydrogen (secondary N) is 2. The predicted octanol–water partition coefficient (Wildman–Crippen LogP) is 2.47. The molecular weight excluding hydrogens is 242 g/mol. The molecule has 0 bridgehead atoms. The summed E-state index contributed by atoms with van der Waals surface area (Å²) in [5.74, 6) is 0.